The molecule has 1 aliphatic rings. The van der Waals surface area contributed by atoms with E-state index in [0.29, 0.717) is 0 Å². The van der Waals surface area contributed by atoms with Crippen LogP contribution in [0.25, 0.3) is 0 Å². The molecule has 0 aromatic rings. The first-order valence-corrected chi connectivity index (χ1v) is 3.56. The van der Waals surface area contributed by atoms with Crippen LogP contribution in [0.4, 0.5) is 0 Å². The molecule has 0 bridgehead atoms. The third kappa shape index (κ3) is 1.58. The van der Waals surface area contributed by atoms with Crippen molar-refractivity contribution in [2.45, 2.75) is 30.7 Å². The predicted molar refractivity (Wildman–Crippen MR) is 36.0 cm³/mol. The summed E-state index contributed by atoms with van der Waals surface area (Å²) >= 11 is 0. The van der Waals surface area contributed by atoms with Gasteiger partial charge in [0, 0.05) is 0 Å². The summed E-state index contributed by atoms with van der Waals surface area (Å²) in [5.41, 5.74) is 0. The number of rotatable bonds is 2. The lowest BCUT2D eigenvalue weighted by Crippen LogP contribution is -2.40. The Morgan fingerprint density at radius 3 is 2.08 bits per heavy atom. The summed E-state index contributed by atoms with van der Waals surface area (Å²) in [5.74, 6) is 0. The Balaban J connectivity index is 2.58. The lowest BCUT2D eigenvalue weighted by atomic mass is 10.1. The van der Waals surface area contributed by atoms with Crippen LogP contribution in [0.5, 0.6) is 0 Å². The van der Waals surface area contributed by atoms with Crippen LogP contribution in [-0.4, -0.2) is 62.8 Å². The maximum atomic E-state index is 9.12. The smallest absolute Gasteiger partial charge is 0.184 e. The van der Waals surface area contributed by atoms with Crippen molar-refractivity contribution >= 4 is 0 Å². The molecule has 12 heavy (non-hydrogen) atoms. The van der Waals surface area contributed by atoms with Crippen LogP contribution in [0.15, 0.2) is 0 Å². The second-order valence-corrected chi connectivity index (χ2v) is 2.72. The monoisotopic (exact) mass is 180 g/mol. The number of ether oxygens (including phenoxy) is 1. The lowest BCUT2D eigenvalue weighted by molar-refractivity contribution is -0.150. The first-order chi connectivity index (χ1) is 5.57. The van der Waals surface area contributed by atoms with Gasteiger partial charge in [-0.3, -0.25) is 0 Å². The summed E-state index contributed by atoms with van der Waals surface area (Å²) < 4.78 is 4.58. The van der Waals surface area contributed by atoms with Gasteiger partial charge in [0.05, 0.1) is 6.61 Å². The zero-order chi connectivity index (χ0) is 9.30. The van der Waals surface area contributed by atoms with E-state index in [1.54, 1.807) is 0 Å². The van der Waals surface area contributed by atoms with E-state index in [9.17, 15) is 0 Å². The molecule has 0 amide bonds. The summed E-state index contributed by atoms with van der Waals surface area (Å²) in [7, 11) is 0. The lowest BCUT2D eigenvalue weighted by Gasteiger charge is -2.18. The molecular weight excluding hydrogens is 168 g/mol. The number of hydrogen-bond acceptors (Lipinski definition) is 6. The highest BCUT2D eigenvalue weighted by Gasteiger charge is 2.44. The highest BCUT2D eigenvalue weighted by atomic mass is 16.6. The summed E-state index contributed by atoms with van der Waals surface area (Å²) in [6.07, 6.45) is -6.75. The average molecular weight is 180 g/mol. The molecular formula is C6H12O6. The van der Waals surface area contributed by atoms with Crippen LogP contribution in [0.1, 0.15) is 0 Å². The van der Waals surface area contributed by atoms with E-state index in [0.717, 1.165) is 0 Å². The van der Waals surface area contributed by atoms with Crippen LogP contribution < -0.4 is 0 Å². The fraction of sp³-hybridized carbons (Fsp3) is 1.00. The van der Waals surface area contributed by atoms with Crippen LogP contribution in [0, 0.1) is 0 Å². The Morgan fingerprint density at radius 1 is 1.17 bits per heavy atom. The number of hydrogen-bond donors (Lipinski definition) is 5. The van der Waals surface area contributed by atoms with Crippen LogP contribution in [0.2, 0.25) is 0 Å². The van der Waals surface area contributed by atoms with Gasteiger partial charge in [0.1, 0.15) is 24.4 Å². The molecule has 1 saturated heterocycles. The number of aliphatic hydroxyl groups excluding tert-OH is 5. The van der Waals surface area contributed by atoms with Crippen LogP contribution >= 0.6 is 0 Å². The minimum atomic E-state index is -1.51. The second kappa shape index (κ2) is 3.65. The Kier molecular flexibility index (Phi) is 2.99. The van der Waals surface area contributed by atoms with Crippen molar-refractivity contribution in [1.29, 1.82) is 0 Å². The molecule has 5 atom stereocenters. The molecule has 5 N–H and O–H groups in total. The van der Waals surface area contributed by atoms with E-state index in [1.165, 1.54) is 0 Å². The van der Waals surface area contributed by atoms with Crippen molar-refractivity contribution < 1.29 is 30.3 Å². The van der Waals surface area contributed by atoms with Crippen molar-refractivity contribution in [3.05, 3.63) is 0 Å². The molecule has 0 spiro atoms. The molecule has 1 aliphatic heterocycles. The zero-order valence-electron chi connectivity index (χ0n) is 6.24. The molecule has 2 unspecified atom stereocenters. The Morgan fingerprint density at radius 2 is 1.75 bits per heavy atom. The fourth-order valence-corrected chi connectivity index (χ4v) is 1.11. The van der Waals surface area contributed by atoms with Crippen molar-refractivity contribution in [2.24, 2.45) is 0 Å². The van der Waals surface area contributed by atoms with Crippen LogP contribution in [-0.2, 0) is 4.74 Å². The first-order valence-electron chi connectivity index (χ1n) is 3.56. The SMILES string of the molecule is OC[C@@H](O)[C@H]1O[C@@H](O)C(O)C1O. The van der Waals surface area contributed by atoms with Gasteiger partial charge >= 0.3 is 0 Å². The molecule has 1 rings (SSSR count). The average Bonchev–Trinajstić information content (AvgIpc) is 2.32. The van der Waals surface area contributed by atoms with Crippen molar-refractivity contribution in [3.63, 3.8) is 0 Å². The molecule has 6 heteroatoms. The summed E-state index contributed by atoms with van der Waals surface area (Å²) in [6, 6.07) is 0. The van der Waals surface area contributed by atoms with Gasteiger partial charge in [-0.2, -0.15) is 0 Å². The van der Waals surface area contributed by atoms with E-state index in [4.69, 9.17) is 25.5 Å². The molecule has 0 aliphatic carbocycles. The molecule has 0 saturated carbocycles. The minimum absolute atomic E-state index is 0.596. The summed E-state index contributed by atoms with van der Waals surface area (Å²) in [4.78, 5) is 0. The predicted octanol–water partition coefficient (Wildman–Crippen LogP) is -3.22. The zero-order valence-corrected chi connectivity index (χ0v) is 6.24. The van der Waals surface area contributed by atoms with Gasteiger partial charge in [0.2, 0.25) is 0 Å². The van der Waals surface area contributed by atoms with Crippen molar-refractivity contribution in [3.8, 4) is 0 Å². The standard InChI is InChI=1S/C6H12O6/c7-1-2(8)5-3(9)4(10)6(11)12-5/h2-11H,1H2/t2-,3?,4?,5-,6-/m1/s1. The van der Waals surface area contributed by atoms with Gasteiger partial charge in [-0.05, 0) is 0 Å². The molecule has 0 radical (unpaired) electrons. The fourth-order valence-electron chi connectivity index (χ4n) is 1.11. The summed E-state index contributed by atoms with van der Waals surface area (Å²) in [5, 5.41) is 44.4. The quantitative estimate of drug-likeness (QED) is 0.306. The molecule has 6 nitrogen and oxygen atoms in total. The molecule has 0 aromatic heterocycles. The van der Waals surface area contributed by atoms with E-state index < -0.39 is 37.3 Å². The Hall–Kier alpha value is -0.240. The van der Waals surface area contributed by atoms with Gasteiger partial charge in [-0.25, -0.2) is 0 Å². The van der Waals surface area contributed by atoms with Gasteiger partial charge in [-0.1, -0.05) is 0 Å². The Bertz CT molecular complexity index is 151. The largest absolute Gasteiger partial charge is 0.394 e. The van der Waals surface area contributed by atoms with Crippen molar-refractivity contribution in [2.75, 3.05) is 6.61 Å². The normalized spacial score (nSPS) is 44.8. The highest BCUT2D eigenvalue weighted by Crippen LogP contribution is 2.21. The van der Waals surface area contributed by atoms with E-state index >= 15 is 0 Å². The molecule has 72 valence electrons. The summed E-state index contributed by atoms with van der Waals surface area (Å²) in [6.45, 7) is -0.596. The molecule has 0 aromatic carbocycles. The van der Waals surface area contributed by atoms with E-state index in [1.807, 2.05) is 0 Å². The third-order valence-corrected chi connectivity index (χ3v) is 1.84. The van der Waals surface area contributed by atoms with Crippen molar-refractivity contribution in [1.82, 2.24) is 0 Å². The first kappa shape index (κ1) is 9.85. The van der Waals surface area contributed by atoms with Gasteiger partial charge in [-0.15, -0.1) is 0 Å². The highest BCUT2D eigenvalue weighted by molar-refractivity contribution is 4.89. The topological polar surface area (TPSA) is 110 Å². The van der Waals surface area contributed by atoms with Crippen LogP contribution in [0.3, 0.4) is 0 Å². The Labute approximate surface area is 68.6 Å². The third-order valence-electron chi connectivity index (χ3n) is 1.84. The van der Waals surface area contributed by atoms with E-state index in [-0.39, 0.29) is 0 Å². The molecule has 1 fully saturated rings. The number of aliphatic hydroxyl groups is 5. The van der Waals surface area contributed by atoms with Gasteiger partial charge in [0.25, 0.3) is 0 Å². The minimum Gasteiger partial charge on any atom is -0.394 e. The maximum absolute atomic E-state index is 9.12. The van der Waals surface area contributed by atoms with Gasteiger partial charge in [0.15, 0.2) is 6.29 Å². The van der Waals surface area contributed by atoms with E-state index in [2.05, 4.69) is 4.74 Å². The molecule has 1 heterocycles. The maximum Gasteiger partial charge on any atom is 0.184 e. The second-order valence-electron chi connectivity index (χ2n) is 2.72. The van der Waals surface area contributed by atoms with Gasteiger partial charge < -0.3 is 30.3 Å².